The van der Waals surface area contributed by atoms with Gasteiger partial charge in [-0.2, -0.15) is 13.2 Å². The predicted molar refractivity (Wildman–Crippen MR) is 28.8 cm³/mol. The highest BCUT2D eigenvalue weighted by molar-refractivity contribution is 5.77. The van der Waals surface area contributed by atoms with Gasteiger partial charge in [-0.1, -0.05) is 0 Å². The molecule has 1 heterocycles. The second-order valence-corrected chi connectivity index (χ2v) is 2.15. The molecule has 1 rings (SSSR count). The zero-order valence-electron chi connectivity index (χ0n) is 5.44. The number of halogens is 3. The van der Waals surface area contributed by atoms with Gasteiger partial charge < -0.3 is 10.1 Å². The molecule has 1 aliphatic rings. The van der Waals surface area contributed by atoms with Gasteiger partial charge in [-0.05, 0) is 0 Å². The van der Waals surface area contributed by atoms with Crippen LogP contribution < -0.4 is 5.32 Å². The van der Waals surface area contributed by atoms with Crippen LogP contribution in [0.15, 0.2) is 0 Å². The van der Waals surface area contributed by atoms with Crippen molar-refractivity contribution in [2.24, 2.45) is 0 Å². The predicted octanol–water partition coefficient (Wildman–Crippen LogP) is 0.0637. The van der Waals surface area contributed by atoms with Crippen LogP contribution in [0.25, 0.3) is 0 Å². The molecule has 3 nitrogen and oxygen atoms in total. The van der Waals surface area contributed by atoms with E-state index in [0.717, 1.165) is 0 Å². The van der Waals surface area contributed by atoms with Gasteiger partial charge in [0.15, 0.2) is 6.10 Å². The average Bonchev–Trinajstić information content (AvgIpc) is 1.86. The molecule has 0 radical (unpaired) electrons. The molecule has 0 saturated carbocycles. The first kappa shape index (κ1) is 8.32. The van der Waals surface area contributed by atoms with Gasteiger partial charge in [0.1, 0.15) is 6.61 Å². The van der Waals surface area contributed by atoms with Crippen molar-refractivity contribution >= 4 is 5.91 Å². The van der Waals surface area contributed by atoms with Crippen molar-refractivity contribution in [1.29, 1.82) is 0 Å². The second-order valence-electron chi connectivity index (χ2n) is 2.15. The van der Waals surface area contributed by atoms with Gasteiger partial charge >= 0.3 is 6.18 Å². The zero-order chi connectivity index (χ0) is 8.48. The molecule has 1 unspecified atom stereocenters. The Morgan fingerprint density at radius 3 is 2.55 bits per heavy atom. The lowest BCUT2D eigenvalue weighted by Crippen LogP contribution is -2.49. The normalized spacial score (nSPS) is 26.5. The number of hydrogen-bond acceptors (Lipinski definition) is 2. The van der Waals surface area contributed by atoms with Crippen molar-refractivity contribution in [3.05, 3.63) is 0 Å². The standard InChI is InChI=1S/C5H6F3NO2/c6-5(7,8)3-1-9-4(10)2-11-3/h3H,1-2H2,(H,9,10). The van der Waals surface area contributed by atoms with Gasteiger partial charge in [0.25, 0.3) is 0 Å². The smallest absolute Gasteiger partial charge is 0.357 e. The molecule has 1 aliphatic heterocycles. The summed E-state index contributed by atoms with van der Waals surface area (Å²) in [5.74, 6) is -0.509. The van der Waals surface area contributed by atoms with Crippen molar-refractivity contribution in [3.63, 3.8) is 0 Å². The van der Waals surface area contributed by atoms with Crippen LogP contribution in [0.2, 0.25) is 0 Å². The molecule has 0 aromatic carbocycles. The Hall–Kier alpha value is -0.780. The quantitative estimate of drug-likeness (QED) is 0.557. The van der Waals surface area contributed by atoms with E-state index in [1.54, 1.807) is 0 Å². The number of amides is 1. The average molecular weight is 169 g/mol. The summed E-state index contributed by atoms with van der Waals surface area (Å²) >= 11 is 0. The maximum atomic E-state index is 11.8. The minimum absolute atomic E-state index is 0.484. The summed E-state index contributed by atoms with van der Waals surface area (Å²) in [6, 6.07) is 0. The van der Waals surface area contributed by atoms with Crippen LogP contribution in [0.4, 0.5) is 13.2 Å². The minimum Gasteiger partial charge on any atom is -0.357 e. The molecule has 6 heteroatoms. The molecule has 0 aromatic heterocycles. The van der Waals surface area contributed by atoms with E-state index >= 15 is 0 Å². The molecule has 64 valence electrons. The number of nitrogens with one attached hydrogen (secondary N) is 1. The Kier molecular flexibility index (Phi) is 2.03. The number of alkyl halides is 3. The summed E-state index contributed by atoms with van der Waals surface area (Å²) in [4.78, 5) is 10.3. The third-order valence-electron chi connectivity index (χ3n) is 1.27. The molecule has 0 aliphatic carbocycles. The van der Waals surface area contributed by atoms with Crippen LogP contribution in [0, 0.1) is 0 Å². The minimum atomic E-state index is -4.38. The number of hydrogen-bond donors (Lipinski definition) is 1. The zero-order valence-corrected chi connectivity index (χ0v) is 5.44. The fraction of sp³-hybridized carbons (Fsp3) is 0.800. The molecule has 1 amide bonds. The number of ether oxygens (including phenoxy) is 1. The van der Waals surface area contributed by atoms with Crippen LogP contribution in [0.1, 0.15) is 0 Å². The van der Waals surface area contributed by atoms with E-state index in [1.807, 2.05) is 0 Å². The lowest BCUT2D eigenvalue weighted by Gasteiger charge is -2.24. The van der Waals surface area contributed by atoms with Crippen LogP contribution in [0.3, 0.4) is 0 Å². The van der Waals surface area contributed by atoms with E-state index < -0.39 is 31.3 Å². The Morgan fingerprint density at radius 2 is 2.18 bits per heavy atom. The van der Waals surface area contributed by atoms with E-state index in [-0.39, 0.29) is 0 Å². The number of morpholine rings is 1. The molecule has 11 heavy (non-hydrogen) atoms. The summed E-state index contributed by atoms with van der Waals surface area (Å²) in [5, 5.41) is 2.05. The van der Waals surface area contributed by atoms with Gasteiger partial charge in [-0.25, -0.2) is 0 Å². The summed E-state index contributed by atoms with van der Waals surface area (Å²) in [5.41, 5.74) is 0. The summed E-state index contributed by atoms with van der Waals surface area (Å²) in [7, 11) is 0. The highest BCUT2D eigenvalue weighted by Gasteiger charge is 2.42. The van der Waals surface area contributed by atoms with Crippen molar-refractivity contribution in [2.75, 3.05) is 13.2 Å². The fourth-order valence-corrected chi connectivity index (χ4v) is 0.703. The molecular formula is C5H6F3NO2. The van der Waals surface area contributed by atoms with Crippen LogP contribution >= 0.6 is 0 Å². The first-order valence-electron chi connectivity index (χ1n) is 2.95. The Morgan fingerprint density at radius 1 is 1.55 bits per heavy atom. The highest BCUT2D eigenvalue weighted by Crippen LogP contribution is 2.23. The summed E-state index contributed by atoms with van der Waals surface area (Å²) < 4.78 is 39.6. The van der Waals surface area contributed by atoms with Crippen molar-refractivity contribution in [1.82, 2.24) is 5.32 Å². The van der Waals surface area contributed by atoms with E-state index in [1.165, 1.54) is 0 Å². The monoisotopic (exact) mass is 169 g/mol. The molecule has 0 aromatic rings. The molecule has 1 saturated heterocycles. The molecule has 1 N–H and O–H groups in total. The highest BCUT2D eigenvalue weighted by atomic mass is 19.4. The van der Waals surface area contributed by atoms with Gasteiger partial charge in [-0.15, -0.1) is 0 Å². The summed E-state index contributed by atoms with van der Waals surface area (Å²) in [6.45, 7) is -0.994. The molecule has 0 bridgehead atoms. The topological polar surface area (TPSA) is 38.3 Å². The molecule has 1 atom stereocenters. The Bertz CT molecular complexity index is 158. The van der Waals surface area contributed by atoms with Gasteiger partial charge in [0, 0.05) is 0 Å². The Balaban J connectivity index is 2.45. The van der Waals surface area contributed by atoms with Gasteiger partial charge in [-0.3, -0.25) is 4.79 Å². The van der Waals surface area contributed by atoms with Crippen molar-refractivity contribution < 1.29 is 22.7 Å². The number of carbonyl (C=O) groups excluding carboxylic acids is 1. The fourth-order valence-electron chi connectivity index (χ4n) is 0.703. The lowest BCUT2D eigenvalue weighted by atomic mass is 10.3. The molecule has 1 fully saturated rings. The summed E-state index contributed by atoms with van der Waals surface area (Å²) in [6.07, 6.45) is -6.23. The largest absolute Gasteiger partial charge is 0.416 e. The number of carbonyl (C=O) groups is 1. The first-order chi connectivity index (χ1) is 5.00. The third kappa shape index (κ3) is 2.07. The molecular weight excluding hydrogens is 163 g/mol. The molecule has 0 spiro atoms. The van der Waals surface area contributed by atoms with E-state index in [4.69, 9.17) is 0 Å². The van der Waals surface area contributed by atoms with Crippen molar-refractivity contribution in [2.45, 2.75) is 12.3 Å². The maximum Gasteiger partial charge on any atom is 0.416 e. The maximum absolute atomic E-state index is 11.8. The van der Waals surface area contributed by atoms with Gasteiger partial charge in [0.2, 0.25) is 5.91 Å². The van der Waals surface area contributed by atoms with Crippen LogP contribution in [-0.2, 0) is 9.53 Å². The van der Waals surface area contributed by atoms with E-state index in [9.17, 15) is 18.0 Å². The van der Waals surface area contributed by atoms with E-state index in [0.29, 0.717) is 0 Å². The second kappa shape index (κ2) is 2.69. The van der Waals surface area contributed by atoms with Crippen LogP contribution in [-0.4, -0.2) is 31.3 Å². The van der Waals surface area contributed by atoms with E-state index in [2.05, 4.69) is 10.1 Å². The van der Waals surface area contributed by atoms with Gasteiger partial charge in [0.05, 0.1) is 6.54 Å². The Labute approximate surface area is 60.5 Å². The lowest BCUT2D eigenvalue weighted by molar-refractivity contribution is -0.224. The SMILES string of the molecule is O=C1COC(C(F)(F)F)CN1. The first-order valence-corrected chi connectivity index (χ1v) is 2.95. The number of rotatable bonds is 0. The van der Waals surface area contributed by atoms with Crippen molar-refractivity contribution in [3.8, 4) is 0 Å². The third-order valence-corrected chi connectivity index (χ3v) is 1.27. The van der Waals surface area contributed by atoms with Crippen LogP contribution in [0.5, 0.6) is 0 Å².